The Kier molecular flexibility index (Phi) is 17.3. The average molecular weight is 522 g/mol. The van der Waals surface area contributed by atoms with E-state index in [1.54, 1.807) is 38.2 Å². The first-order chi connectivity index (χ1) is 17.1. The lowest BCUT2D eigenvalue weighted by Crippen LogP contribution is -2.26. The normalized spacial score (nSPS) is 11.6. The van der Waals surface area contributed by atoms with Crippen molar-refractivity contribution in [3.8, 4) is 17.2 Å². The van der Waals surface area contributed by atoms with E-state index in [9.17, 15) is 4.79 Å². The van der Waals surface area contributed by atoms with E-state index < -0.39 is 0 Å². The maximum atomic E-state index is 11.9. The summed E-state index contributed by atoms with van der Waals surface area (Å²) in [5.74, 6) is 3.84. The van der Waals surface area contributed by atoms with Gasteiger partial charge in [-0.15, -0.1) is 0 Å². The zero-order chi connectivity index (χ0) is 25.7. The van der Waals surface area contributed by atoms with Crippen LogP contribution in [0.4, 0.5) is 0 Å². The summed E-state index contributed by atoms with van der Waals surface area (Å²) in [6.45, 7) is 6.21. The molecule has 7 nitrogen and oxygen atoms in total. The molecule has 1 rings (SSSR count). The van der Waals surface area contributed by atoms with Crippen LogP contribution in [0.2, 0.25) is 0 Å². The number of methoxy groups -OCH3 is 3. The Hall–Kier alpha value is -2.49. The van der Waals surface area contributed by atoms with Gasteiger partial charge < -0.3 is 30.2 Å². The molecule has 0 aromatic heterocycles. The zero-order valence-corrected chi connectivity index (χ0v) is 22.9. The molecule has 9 heteroatoms. The summed E-state index contributed by atoms with van der Waals surface area (Å²) in [7, 11) is 10.3. The van der Waals surface area contributed by atoms with Crippen LogP contribution in [0, 0.1) is 0 Å². The molecular weight excluding hydrogens is 482 g/mol. The van der Waals surface area contributed by atoms with E-state index in [0.29, 0.717) is 30.2 Å². The summed E-state index contributed by atoms with van der Waals surface area (Å²) in [6, 6.07) is 3.77. The molecule has 35 heavy (non-hydrogen) atoms. The molecule has 0 radical (unpaired) electrons. The second kappa shape index (κ2) is 19.8. The molecule has 0 aliphatic rings. The highest BCUT2D eigenvalue weighted by Crippen LogP contribution is 2.38. The van der Waals surface area contributed by atoms with Gasteiger partial charge in [-0.1, -0.05) is 52.5 Å². The highest BCUT2D eigenvalue weighted by molar-refractivity contribution is 8.76. The maximum Gasteiger partial charge on any atom is 0.220 e. The third-order valence-corrected chi connectivity index (χ3v) is 7.02. The maximum absolute atomic E-state index is 11.9. The van der Waals surface area contributed by atoms with E-state index in [1.807, 2.05) is 60.5 Å². The zero-order valence-electron chi connectivity index (χ0n) is 21.2. The van der Waals surface area contributed by atoms with E-state index in [2.05, 4.69) is 22.5 Å². The number of rotatable bonds is 19. The molecule has 0 aliphatic carbocycles. The Balaban J connectivity index is 2.43. The molecule has 0 saturated carbocycles. The van der Waals surface area contributed by atoms with Crippen LogP contribution in [0.5, 0.6) is 17.2 Å². The first-order valence-electron chi connectivity index (χ1n) is 11.5. The SMILES string of the molecule is C=C/C=C(\C=C/NCCCC(=O)NCCSSCCNC)/C=C/c1cc(OC)c(OC)c(OC)c1. The highest BCUT2D eigenvalue weighted by atomic mass is 33.1. The van der Waals surface area contributed by atoms with Gasteiger partial charge >= 0.3 is 0 Å². The molecule has 1 aromatic rings. The predicted octanol–water partition coefficient (Wildman–Crippen LogP) is 4.44. The Morgan fingerprint density at radius 3 is 2.29 bits per heavy atom. The van der Waals surface area contributed by atoms with Crippen molar-refractivity contribution in [1.82, 2.24) is 16.0 Å². The summed E-state index contributed by atoms with van der Waals surface area (Å²) in [5, 5.41) is 9.31. The van der Waals surface area contributed by atoms with Gasteiger partial charge in [-0.3, -0.25) is 4.79 Å². The molecule has 0 unspecified atom stereocenters. The standard InChI is InChI=1S/C26H39N3O4S2/c1-6-8-21(10-11-22-19-23(31-3)26(33-5)24(20-22)32-4)12-14-28-13-7-9-25(30)29-16-18-35-34-17-15-27-2/h6,8,10-12,14,19-20,27-28H,1,7,9,13,15-18H2,2-5H3,(H,29,30)/b11-10+,14-12-,21-8-. The minimum Gasteiger partial charge on any atom is -0.493 e. The number of hydrogen-bond donors (Lipinski definition) is 3. The van der Waals surface area contributed by atoms with E-state index in [-0.39, 0.29) is 5.91 Å². The van der Waals surface area contributed by atoms with E-state index >= 15 is 0 Å². The van der Waals surface area contributed by atoms with Gasteiger partial charge in [0, 0.05) is 37.6 Å². The minimum absolute atomic E-state index is 0.0946. The Morgan fingerprint density at radius 1 is 1.00 bits per heavy atom. The summed E-state index contributed by atoms with van der Waals surface area (Å²) in [6.07, 6.45) is 12.7. The van der Waals surface area contributed by atoms with Crippen LogP contribution in [0.15, 0.2) is 54.8 Å². The number of nitrogens with one attached hydrogen (secondary N) is 3. The number of carbonyl (C=O) groups is 1. The summed E-state index contributed by atoms with van der Waals surface area (Å²) in [5.41, 5.74) is 1.88. The number of hydrogen-bond acceptors (Lipinski definition) is 8. The van der Waals surface area contributed by atoms with Crippen molar-refractivity contribution in [3.05, 3.63) is 60.4 Å². The van der Waals surface area contributed by atoms with Crippen LogP contribution >= 0.6 is 21.6 Å². The first kappa shape index (κ1) is 30.5. The van der Waals surface area contributed by atoms with Gasteiger partial charge in [0.1, 0.15) is 0 Å². The fourth-order valence-corrected chi connectivity index (χ4v) is 4.78. The van der Waals surface area contributed by atoms with E-state index in [1.165, 1.54) is 0 Å². The van der Waals surface area contributed by atoms with Gasteiger partial charge in [-0.25, -0.2) is 0 Å². The molecule has 0 aliphatic heterocycles. The predicted molar refractivity (Wildman–Crippen MR) is 152 cm³/mol. The van der Waals surface area contributed by atoms with E-state index in [4.69, 9.17) is 14.2 Å². The number of amides is 1. The number of allylic oxidation sites excluding steroid dienone is 5. The van der Waals surface area contributed by atoms with Crippen molar-refractivity contribution in [1.29, 1.82) is 0 Å². The van der Waals surface area contributed by atoms with Crippen LogP contribution in [-0.4, -0.2) is 65.4 Å². The molecule has 194 valence electrons. The van der Waals surface area contributed by atoms with Gasteiger partial charge in [0.15, 0.2) is 11.5 Å². The number of carbonyl (C=O) groups excluding carboxylic acids is 1. The molecule has 0 bridgehead atoms. The molecule has 0 heterocycles. The molecule has 0 atom stereocenters. The van der Waals surface area contributed by atoms with Crippen LogP contribution in [-0.2, 0) is 4.79 Å². The second-order valence-corrected chi connectivity index (χ2v) is 9.88. The topological polar surface area (TPSA) is 80.9 Å². The monoisotopic (exact) mass is 521 g/mol. The minimum atomic E-state index is 0.0946. The Labute approximate surface area is 218 Å². The third kappa shape index (κ3) is 13.2. The summed E-state index contributed by atoms with van der Waals surface area (Å²) < 4.78 is 16.2. The smallest absolute Gasteiger partial charge is 0.220 e. The number of benzene rings is 1. The highest BCUT2D eigenvalue weighted by Gasteiger charge is 2.11. The van der Waals surface area contributed by atoms with Crippen LogP contribution in [0.3, 0.4) is 0 Å². The molecule has 0 saturated heterocycles. The lowest BCUT2D eigenvalue weighted by atomic mass is 10.1. The van der Waals surface area contributed by atoms with Gasteiger partial charge in [0.25, 0.3) is 0 Å². The van der Waals surface area contributed by atoms with Crippen molar-refractivity contribution in [2.45, 2.75) is 12.8 Å². The molecule has 1 amide bonds. The fraction of sp³-hybridized carbons (Fsp3) is 0.423. The molecule has 3 N–H and O–H groups in total. The van der Waals surface area contributed by atoms with Crippen LogP contribution in [0.1, 0.15) is 18.4 Å². The van der Waals surface area contributed by atoms with Crippen molar-refractivity contribution < 1.29 is 19.0 Å². The fourth-order valence-electron chi connectivity index (χ4n) is 2.86. The lowest BCUT2D eigenvalue weighted by Gasteiger charge is -2.12. The third-order valence-electron chi connectivity index (χ3n) is 4.61. The average Bonchev–Trinajstić information content (AvgIpc) is 2.87. The molecule has 0 spiro atoms. The van der Waals surface area contributed by atoms with Crippen LogP contribution < -0.4 is 30.2 Å². The van der Waals surface area contributed by atoms with Crippen molar-refractivity contribution in [3.63, 3.8) is 0 Å². The van der Waals surface area contributed by atoms with Gasteiger partial charge in [-0.05, 0) is 49.0 Å². The molecule has 0 fully saturated rings. The van der Waals surface area contributed by atoms with E-state index in [0.717, 1.165) is 42.2 Å². The van der Waals surface area contributed by atoms with Gasteiger partial charge in [0.05, 0.1) is 21.3 Å². The number of ether oxygens (including phenoxy) is 3. The Morgan fingerprint density at radius 2 is 1.69 bits per heavy atom. The van der Waals surface area contributed by atoms with Crippen molar-refractivity contribution in [2.24, 2.45) is 0 Å². The van der Waals surface area contributed by atoms with Crippen LogP contribution in [0.25, 0.3) is 6.08 Å². The van der Waals surface area contributed by atoms with Crippen molar-refractivity contribution >= 4 is 33.6 Å². The largest absolute Gasteiger partial charge is 0.493 e. The molecule has 1 aromatic carbocycles. The molecular formula is C26H39N3O4S2. The van der Waals surface area contributed by atoms with Crippen molar-refractivity contribution in [2.75, 3.05) is 59.5 Å². The quantitative estimate of drug-likeness (QED) is 0.140. The first-order valence-corrected chi connectivity index (χ1v) is 13.9. The van der Waals surface area contributed by atoms with Gasteiger partial charge in [0.2, 0.25) is 11.7 Å². The van der Waals surface area contributed by atoms with Gasteiger partial charge in [-0.2, -0.15) is 0 Å². The lowest BCUT2D eigenvalue weighted by molar-refractivity contribution is -0.121. The summed E-state index contributed by atoms with van der Waals surface area (Å²) >= 11 is 0. The summed E-state index contributed by atoms with van der Waals surface area (Å²) in [4.78, 5) is 11.9. The second-order valence-electron chi connectivity index (χ2n) is 7.18. The Bertz CT molecular complexity index is 832.